The van der Waals surface area contributed by atoms with Gasteiger partial charge in [-0.3, -0.25) is 0 Å². The Hall–Kier alpha value is -1.81. The molecule has 3 N–H and O–H groups in total. The molecule has 0 amide bonds. The minimum Gasteiger partial charge on any atom is -0.497 e. The van der Waals surface area contributed by atoms with Gasteiger partial charge in [-0.05, 0) is 61.9 Å². The zero-order valence-corrected chi connectivity index (χ0v) is 20.8. The van der Waals surface area contributed by atoms with Crippen LogP contribution in [-0.4, -0.2) is 47.7 Å². The number of methoxy groups -OCH3 is 1. The lowest BCUT2D eigenvalue weighted by molar-refractivity contribution is 0.169. The normalized spacial score (nSPS) is 11.7. The number of aromatic nitrogens is 2. The second kappa shape index (κ2) is 13.5. The van der Waals surface area contributed by atoms with Crippen molar-refractivity contribution >= 4 is 29.9 Å². The monoisotopic (exact) mass is 529 g/mol. The van der Waals surface area contributed by atoms with E-state index in [0.29, 0.717) is 6.54 Å². The van der Waals surface area contributed by atoms with Crippen LogP contribution in [0.3, 0.4) is 0 Å². The summed E-state index contributed by atoms with van der Waals surface area (Å²) in [6, 6.07) is 9.76. The van der Waals surface area contributed by atoms with Crippen LogP contribution in [0.1, 0.15) is 45.7 Å². The van der Waals surface area contributed by atoms with E-state index in [0.717, 1.165) is 55.4 Å². The predicted molar refractivity (Wildman–Crippen MR) is 133 cm³/mol. The van der Waals surface area contributed by atoms with Gasteiger partial charge in [-0.2, -0.15) is 5.10 Å². The van der Waals surface area contributed by atoms with Gasteiger partial charge in [0, 0.05) is 25.9 Å². The number of benzene rings is 1. The Bertz CT molecular complexity index is 757. The SMILES string of the molecule is CCNC(=NCc1ccn(-c2ccc(OC)cc2)n1)NCC(CC)(CC)CCO.I. The number of ether oxygens (including phenoxy) is 1. The molecular weight excluding hydrogens is 493 g/mol. The Morgan fingerprint density at radius 3 is 2.40 bits per heavy atom. The highest BCUT2D eigenvalue weighted by Crippen LogP contribution is 2.29. The standard InChI is InChI=1S/C22H35N5O2.HI/c1-5-22(6-2,13-15-28)17-25-21(23-7-3)24-16-18-12-14-27(26-18)19-8-10-20(29-4)11-9-19;/h8-12,14,28H,5-7,13,15-17H2,1-4H3,(H2,23,24,25);1H. The average Bonchev–Trinajstić information content (AvgIpc) is 3.24. The molecule has 0 unspecified atom stereocenters. The van der Waals surface area contributed by atoms with Crippen molar-refractivity contribution in [3.05, 3.63) is 42.2 Å². The van der Waals surface area contributed by atoms with Gasteiger partial charge in [0.05, 0.1) is 25.0 Å². The van der Waals surface area contributed by atoms with E-state index in [1.165, 1.54) is 0 Å². The zero-order chi connectivity index (χ0) is 21.1. The van der Waals surface area contributed by atoms with Crippen molar-refractivity contribution in [3.8, 4) is 11.4 Å². The van der Waals surface area contributed by atoms with Crippen LogP contribution in [0.5, 0.6) is 5.75 Å². The van der Waals surface area contributed by atoms with Crippen LogP contribution in [0, 0.1) is 5.41 Å². The highest BCUT2D eigenvalue weighted by Gasteiger charge is 2.25. The molecule has 1 aromatic heterocycles. The van der Waals surface area contributed by atoms with E-state index in [1.807, 2.05) is 41.2 Å². The zero-order valence-electron chi connectivity index (χ0n) is 18.5. The molecule has 0 bridgehead atoms. The Kier molecular flexibility index (Phi) is 11.8. The van der Waals surface area contributed by atoms with Crippen molar-refractivity contribution in [2.75, 3.05) is 26.8 Å². The summed E-state index contributed by atoms with van der Waals surface area (Å²) < 4.78 is 7.04. The molecule has 1 aromatic carbocycles. The van der Waals surface area contributed by atoms with Gasteiger partial charge in [0.15, 0.2) is 5.96 Å². The van der Waals surface area contributed by atoms with Crippen LogP contribution in [0.15, 0.2) is 41.5 Å². The fourth-order valence-electron chi connectivity index (χ4n) is 3.28. The molecule has 168 valence electrons. The molecule has 7 nitrogen and oxygen atoms in total. The Morgan fingerprint density at radius 2 is 1.83 bits per heavy atom. The topological polar surface area (TPSA) is 83.7 Å². The number of hydrogen-bond donors (Lipinski definition) is 3. The maximum absolute atomic E-state index is 9.42. The highest BCUT2D eigenvalue weighted by atomic mass is 127. The van der Waals surface area contributed by atoms with Crippen LogP contribution in [0.4, 0.5) is 0 Å². The van der Waals surface area contributed by atoms with Crippen LogP contribution in [0.2, 0.25) is 0 Å². The number of guanidine groups is 1. The van der Waals surface area contributed by atoms with Crippen molar-refractivity contribution < 1.29 is 9.84 Å². The van der Waals surface area contributed by atoms with E-state index in [-0.39, 0.29) is 36.0 Å². The summed E-state index contributed by atoms with van der Waals surface area (Å²) in [4.78, 5) is 4.69. The lowest BCUT2D eigenvalue weighted by Gasteiger charge is -2.32. The number of aliphatic hydroxyl groups excluding tert-OH is 1. The summed E-state index contributed by atoms with van der Waals surface area (Å²) in [5.74, 6) is 1.60. The van der Waals surface area contributed by atoms with Crippen LogP contribution in [0.25, 0.3) is 5.69 Å². The van der Waals surface area contributed by atoms with Gasteiger partial charge in [0.2, 0.25) is 0 Å². The fourth-order valence-corrected chi connectivity index (χ4v) is 3.28. The van der Waals surface area contributed by atoms with Gasteiger partial charge in [-0.15, -0.1) is 24.0 Å². The van der Waals surface area contributed by atoms with Crippen molar-refractivity contribution in [1.82, 2.24) is 20.4 Å². The molecule has 8 heteroatoms. The van der Waals surface area contributed by atoms with Gasteiger partial charge in [-0.1, -0.05) is 13.8 Å². The first kappa shape index (κ1) is 26.2. The van der Waals surface area contributed by atoms with E-state index >= 15 is 0 Å². The Morgan fingerprint density at radius 1 is 1.13 bits per heavy atom. The van der Waals surface area contributed by atoms with Crippen molar-refractivity contribution in [3.63, 3.8) is 0 Å². The number of aliphatic hydroxyl groups is 1. The number of hydrogen-bond acceptors (Lipinski definition) is 4. The summed E-state index contributed by atoms with van der Waals surface area (Å²) >= 11 is 0. The minimum absolute atomic E-state index is 0. The summed E-state index contributed by atoms with van der Waals surface area (Å²) in [6.45, 7) is 8.68. The molecule has 0 fully saturated rings. The molecule has 0 atom stereocenters. The second-order valence-electron chi connectivity index (χ2n) is 7.18. The fraction of sp³-hybridized carbons (Fsp3) is 0.545. The largest absolute Gasteiger partial charge is 0.497 e. The average molecular weight is 529 g/mol. The summed E-state index contributed by atoms with van der Waals surface area (Å²) in [5.41, 5.74) is 1.96. The first-order chi connectivity index (χ1) is 14.1. The van der Waals surface area contributed by atoms with Gasteiger partial charge in [-0.25, -0.2) is 9.67 Å². The van der Waals surface area contributed by atoms with Gasteiger partial charge in [0.25, 0.3) is 0 Å². The number of rotatable bonds is 11. The lowest BCUT2D eigenvalue weighted by atomic mass is 9.79. The highest BCUT2D eigenvalue weighted by molar-refractivity contribution is 14.0. The van der Waals surface area contributed by atoms with Crippen molar-refractivity contribution in [2.45, 2.75) is 46.6 Å². The molecule has 0 saturated heterocycles. The molecule has 0 radical (unpaired) electrons. The molecule has 0 aliphatic carbocycles. The molecule has 0 spiro atoms. The number of nitrogens with one attached hydrogen (secondary N) is 2. The summed E-state index contributed by atoms with van der Waals surface area (Å²) in [6.07, 6.45) is 4.76. The van der Waals surface area contributed by atoms with Crippen molar-refractivity contribution in [1.29, 1.82) is 0 Å². The maximum Gasteiger partial charge on any atom is 0.191 e. The quantitative estimate of drug-likeness (QED) is 0.235. The molecule has 2 rings (SSSR count). The molecule has 1 heterocycles. The molecule has 0 aliphatic rings. The lowest BCUT2D eigenvalue weighted by Crippen LogP contribution is -2.43. The summed E-state index contributed by atoms with van der Waals surface area (Å²) in [5, 5.41) is 20.8. The predicted octanol–water partition coefficient (Wildman–Crippen LogP) is 3.74. The molecular formula is C22H36IN5O2. The Balaban J connectivity index is 0.00000450. The third-order valence-electron chi connectivity index (χ3n) is 5.50. The van der Waals surface area contributed by atoms with E-state index in [4.69, 9.17) is 4.74 Å². The number of halogens is 1. The first-order valence-corrected chi connectivity index (χ1v) is 10.4. The van der Waals surface area contributed by atoms with Gasteiger partial charge < -0.3 is 20.5 Å². The maximum atomic E-state index is 9.42. The Labute approximate surface area is 197 Å². The van der Waals surface area contributed by atoms with Crippen molar-refractivity contribution in [2.24, 2.45) is 10.4 Å². The molecule has 30 heavy (non-hydrogen) atoms. The van der Waals surface area contributed by atoms with Crippen LogP contribution in [-0.2, 0) is 6.54 Å². The third kappa shape index (κ3) is 7.46. The minimum atomic E-state index is 0. The van der Waals surface area contributed by atoms with E-state index < -0.39 is 0 Å². The van der Waals surface area contributed by atoms with Crippen LogP contribution >= 0.6 is 24.0 Å². The second-order valence-corrected chi connectivity index (χ2v) is 7.18. The van der Waals surface area contributed by atoms with Gasteiger partial charge in [0.1, 0.15) is 5.75 Å². The van der Waals surface area contributed by atoms with E-state index in [1.54, 1.807) is 7.11 Å². The number of nitrogens with zero attached hydrogens (tertiary/aromatic N) is 3. The summed E-state index contributed by atoms with van der Waals surface area (Å²) in [7, 11) is 1.66. The smallest absolute Gasteiger partial charge is 0.191 e. The molecule has 2 aromatic rings. The van der Waals surface area contributed by atoms with E-state index in [2.05, 4.69) is 41.5 Å². The van der Waals surface area contributed by atoms with Crippen LogP contribution < -0.4 is 15.4 Å². The number of aliphatic imine (C=N–C) groups is 1. The third-order valence-corrected chi connectivity index (χ3v) is 5.50. The first-order valence-electron chi connectivity index (χ1n) is 10.4. The van der Waals surface area contributed by atoms with Gasteiger partial charge >= 0.3 is 0 Å². The van der Waals surface area contributed by atoms with E-state index in [9.17, 15) is 5.11 Å². The molecule has 0 saturated carbocycles. The molecule has 0 aliphatic heterocycles.